The van der Waals surface area contributed by atoms with Gasteiger partial charge in [0.15, 0.2) is 11.6 Å². The minimum absolute atomic E-state index is 0.0299. The Hall–Kier alpha value is -3.31. The van der Waals surface area contributed by atoms with E-state index in [0.29, 0.717) is 6.42 Å². The highest BCUT2D eigenvalue weighted by molar-refractivity contribution is 9.10. The standard InChI is InChI=1S/C32H36BrF2N3O4S/c1-43(41,42)38(27-16-17-28(34)29(35)21-27)18-8-15-31(39)37(22-24-11-7-12-25(33)19-24)30(20-23-9-3-2-4-10-23)32(40)36-26-13-5-6-14-26/h2-4,7,9-12,16-17,19,21,26,30H,5-6,8,13-15,18,20,22H2,1H3,(H,36,40). The highest BCUT2D eigenvalue weighted by atomic mass is 79.9. The van der Waals surface area contributed by atoms with Gasteiger partial charge in [-0.25, -0.2) is 17.2 Å². The van der Waals surface area contributed by atoms with Crippen molar-refractivity contribution in [3.63, 3.8) is 0 Å². The van der Waals surface area contributed by atoms with Crippen LogP contribution in [0.4, 0.5) is 14.5 Å². The molecule has 1 N–H and O–H groups in total. The molecule has 0 bridgehead atoms. The predicted octanol–water partition coefficient (Wildman–Crippen LogP) is 5.97. The van der Waals surface area contributed by atoms with Gasteiger partial charge in [0.1, 0.15) is 6.04 Å². The SMILES string of the molecule is CS(=O)(=O)N(CCCC(=O)N(Cc1cccc(Br)c1)C(Cc1ccccc1)C(=O)NC1CCCC1)c1ccc(F)c(F)c1. The fourth-order valence-corrected chi connectivity index (χ4v) is 6.80. The molecule has 43 heavy (non-hydrogen) atoms. The van der Waals surface area contributed by atoms with Crippen LogP contribution in [0.25, 0.3) is 0 Å². The Labute approximate surface area is 260 Å². The fourth-order valence-electron chi connectivity index (χ4n) is 5.40. The maximum atomic E-state index is 13.9. The smallest absolute Gasteiger partial charge is 0.243 e. The summed E-state index contributed by atoms with van der Waals surface area (Å²) in [6.45, 7) is 0.0464. The number of rotatable bonds is 13. The summed E-state index contributed by atoms with van der Waals surface area (Å²) in [4.78, 5) is 29.3. The van der Waals surface area contributed by atoms with Gasteiger partial charge in [0.25, 0.3) is 0 Å². The van der Waals surface area contributed by atoms with Crippen LogP contribution in [-0.4, -0.2) is 50.0 Å². The molecule has 4 rings (SSSR count). The summed E-state index contributed by atoms with van der Waals surface area (Å²) < 4.78 is 54.3. The van der Waals surface area contributed by atoms with Crippen molar-refractivity contribution in [2.24, 2.45) is 0 Å². The van der Waals surface area contributed by atoms with Gasteiger partial charge in [-0.15, -0.1) is 0 Å². The molecule has 1 aliphatic carbocycles. The molecule has 7 nitrogen and oxygen atoms in total. The Morgan fingerprint density at radius 1 is 0.953 bits per heavy atom. The van der Waals surface area contributed by atoms with Crippen molar-refractivity contribution in [1.82, 2.24) is 10.2 Å². The first-order valence-electron chi connectivity index (χ1n) is 14.3. The molecule has 1 saturated carbocycles. The Morgan fingerprint density at radius 2 is 1.65 bits per heavy atom. The highest BCUT2D eigenvalue weighted by Crippen LogP contribution is 2.24. The van der Waals surface area contributed by atoms with E-state index in [1.165, 1.54) is 6.07 Å². The van der Waals surface area contributed by atoms with E-state index in [4.69, 9.17) is 0 Å². The molecule has 0 saturated heterocycles. The third kappa shape index (κ3) is 9.34. The lowest BCUT2D eigenvalue weighted by molar-refractivity contribution is -0.141. The largest absolute Gasteiger partial charge is 0.352 e. The monoisotopic (exact) mass is 675 g/mol. The first kappa shape index (κ1) is 32.6. The summed E-state index contributed by atoms with van der Waals surface area (Å²) >= 11 is 3.48. The quantitative estimate of drug-likeness (QED) is 0.242. The average molecular weight is 677 g/mol. The van der Waals surface area contributed by atoms with E-state index in [2.05, 4.69) is 21.2 Å². The summed E-state index contributed by atoms with van der Waals surface area (Å²) in [6, 6.07) is 19.2. The van der Waals surface area contributed by atoms with Crippen molar-refractivity contribution < 1.29 is 26.8 Å². The predicted molar refractivity (Wildman–Crippen MR) is 167 cm³/mol. The van der Waals surface area contributed by atoms with Gasteiger partial charge in [0.2, 0.25) is 21.8 Å². The van der Waals surface area contributed by atoms with Crippen LogP contribution in [0.2, 0.25) is 0 Å². The molecule has 1 fully saturated rings. The summed E-state index contributed by atoms with van der Waals surface area (Å²) in [6.07, 6.45) is 5.20. The Kier molecular flexibility index (Phi) is 11.3. The minimum Gasteiger partial charge on any atom is -0.352 e. The molecular weight excluding hydrogens is 640 g/mol. The lowest BCUT2D eigenvalue weighted by Gasteiger charge is -2.33. The van der Waals surface area contributed by atoms with Crippen LogP contribution in [0.3, 0.4) is 0 Å². The summed E-state index contributed by atoms with van der Waals surface area (Å²) in [5, 5.41) is 3.16. The van der Waals surface area contributed by atoms with Crippen LogP contribution in [0.1, 0.15) is 49.7 Å². The normalized spacial score (nSPS) is 14.3. The molecule has 1 unspecified atom stereocenters. The number of sulfonamides is 1. The molecule has 1 aliphatic rings. The van der Waals surface area contributed by atoms with Crippen LogP contribution >= 0.6 is 15.9 Å². The number of anilines is 1. The zero-order valence-corrected chi connectivity index (χ0v) is 26.4. The second-order valence-corrected chi connectivity index (χ2v) is 13.7. The third-order valence-corrected chi connectivity index (χ3v) is 9.25. The van der Waals surface area contributed by atoms with E-state index >= 15 is 0 Å². The molecule has 0 aliphatic heterocycles. The van der Waals surface area contributed by atoms with Crippen LogP contribution in [0.5, 0.6) is 0 Å². The van der Waals surface area contributed by atoms with Crippen molar-refractivity contribution in [2.75, 3.05) is 17.1 Å². The zero-order chi connectivity index (χ0) is 31.0. The molecule has 0 spiro atoms. The summed E-state index contributed by atoms with van der Waals surface area (Å²) in [7, 11) is -3.85. The second kappa shape index (κ2) is 14.9. The summed E-state index contributed by atoms with van der Waals surface area (Å²) in [5.41, 5.74) is 1.70. The molecule has 0 heterocycles. The van der Waals surface area contributed by atoms with Gasteiger partial charge >= 0.3 is 0 Å². The van der Waals surface area contributed by atoms with Gasteiger partial charge < -0.3 is 10.2 Å². The minimum atomic E-state index is -3.85. The van der Waals surface area contributed by atoms with E-state index < -0.39 is 27.7 Å². The van der Waals surface area contributed by atoms with Gasteiger partial charge in [-0.3, -0.25) is 13.9 Å². The molecule has 1 atom stereocenters. The van der Waals surface area contributed by atoms with E-state index in [1.54, 1.807) is 4.90 Å². The van der Waals surface area contributed by atoms with Crippen molar-refractivity contribution in [3.8, 4) is 0 Å². The number of halogens is 3. The van der Waals surface area contributed by atoms with Gasteiger partial charge in [-0.05, 0) is 54.7 Å². The van der Waals surface area contributed by atoms with Crippen molar-refractivity contribution in [2.45, 2.75) is 63.6 Å². The number of nitrogens with zero attached hydrogens (tertiary/aromatic N) is 2. The maximum Gasteiger partial charge on any atom is 0.243 e. The number of amides is 2. The number of hydrogen-bond acceptors (Lipinski definition) is 4. The first-order chi connectivity index (χ1) is 20.5. The van der Waals surface area contributed by atoms with E-state index in [1.807, 2.05) is 54.6 Å². The number of carbonyl (C=O) groups excluding carboxylic acids is 2. The second-order valence-electron chi connectivity index (χ2n) is 10.9. The first-order valence-corrected chi connectivity index (χ1v) is 17.0. The number of hydrogen-bond donors (Lipinski definition) is 1. The van der Waals surface area contributed by atoms with Gasteiger partial charge in [-0.1, -0.05) is 71.2 Å². The van der Waals surface area contributed by atoms with Crippen molar-refractivity contribution in [1.29, 1.82) is 0 Å². The van der Waals surface area contributed by atoms with Gasteiger partial charge in [-0.2, -0.15) is 0 Å². The number of carbonyl (C=O) groups is 2. The molecule has 11 heteroatoms. The zero-order valence-electron chi connectivity index (χ0n) is 24.0. The number of nitrogens with one attached hydrogen (secondary N) is 1. The number of benzene rings is 3. The van der Waals surface area contributed by atoms with Crippen LogP contribution in [-0.2, 0) is 32.6 Å². The van der Waals surface area contributed by atoms with Crippen LogP contribution in [0, 0.1) is 11.6 Å². The van der Waals surface area contributed by atoms with E-state index in [9.17, 15) is 26.8 Å². The van der Waals surface area contributed by atoms with Crippen molar-refractivity contribution >= 4 is 43.5 Å². The Morgan fingerprint density at radius 3 is 2.30 bits per heavy atom. The summed E-state index contributed by atoms with van der Waals surface area (Å²) in [5.74, 6) is -2.80. The molecule has 230 valence electrons. The lowest BCUT2D eigenvalue weighted by Crippen LogP contribution is -2.52. The Bertz CT molecular complexity index is 1520. The molecule has 0 radical (unpaired) electrons. The van der Waals surface area contributed by atoms with Crippen LogP contribution in [0.15, 0.2) is 77.3 Å². The average Bonchev–Trinajstić information content (AvgIpc) is 3.47. The molecule has 0 aromatic heterocycles. The molecule has 3 aromatic carbocycles. The third-order valence-electron chi connectivity index (χ3n) is 7.56. The van der Waals surface area contributed by atoms with E-state index in [0.717, 1.165) is 64.0 Å². The maximum absolute atomic E-state index is 13.9. The fraction of sp³-hybridized carbons (Fsp3) is 0.375. The molecular formula is C32H36BrF2N3O4S. The van der Waals surface area contributed by atoms with Gasteiger partial charge in [0, 0.05) is 42.5 Å². The van der Waals surface area contributed by atoms with E-state index in [-0.39, 0.29) is 49.5 Å². The topological polar surface area (TPSA) is 86.8 Å². The lowest BCUT2D eigenvalue weighted by atomic mass is 10.0. The Balaban J connectivity index is 1.59. The molecule has 3 aromatic rings. The van der Waals surface area contributed by atoms with Crippen LogP contribution < -0.4 is 9.62 Å². The van der Waals surface area contributed by atoms with Gasteiger partial charge in [0.05, 0.1) is 11.9 Å². The highest BCUT2D eigenvalue weighted by Gasteiger charge is 2.32. The molecule has 2 amide bonds. The van der Waals surface area contributed by atoms with Crippen molar-refractivity contribution in [3.05, 3.63) is 100 Å².